The van der Waals surface area contributed by atoms with Crippen LogP contribution in [0.1, 0.15) is 5.56 Å². The SMILES string of the molecule is Nc1nc2c(c(=O)[nH]1)NCN2C(OCCOCc1ccccc1)C(F)F. The van der Waals surface area contributed by atoms with Gasteiger partial charge < -0.3 is 25.4 Å². The van der Waals surface area contributed by atoms with Crippen LogP contribution in [0.4, 0.5) is 26.2 Å². The maximum Gasteiger partial charge on any atom is 0.282 e. The molecule has 1 aromatic carbocycles. The molecule has 0 radical (unpaired) electrons. The van der Waals surface area contributed by atoms with Crippen molar-refractivity contribution < 1.29 is 18.3 Å². The van der Waals surface area contributed by atoms with E-state index in [1.807, 2.05) is 30.3 Å². The van der Waals surface area contributed by atoms with Crippen LogP contribution in [0.5, 0.6) is 0 Å². The zero-order valence-corrected chi connectivity index (χ0v) is 13.8. The minimum absolute atomic E-state index is 0.0330. The highest BCUT2D eigenvalue weighted by Crippen LogP contribution is 2.29. The highest BCUT2D eigenvalue weighted by atomic mass is 19.3. The third-order valence-corrected chi connectivity index (χ3v) is 3.77. The highest BCUT2D eigenvalue weighted by molar-refractivity contribution is 5.71. The quantitative estimate of drug-likeness (QED) is 0.605. The fourth-order valence-corrected chi connectivity index (χ4v) is 2.59. The molecule has 4 N–H and O–H groups in total. The Labute approximate surface area is 147 Å². The van der Waals surface area contributed by atoms with E-state index in [1.54, 1.807) is 0 Å². The van der Waals surface area contributed by atoms with E-state index < -0.39 is 18.2 Å². The lowest BCUT2D eigenvalue weighted by molar-refractivity contribution is -0.0722. The monoisotopic (exact) mass is 367 g/mol. The predicted molar refractivity (Wildman–Crippen MR) is 92.1 cm³/mol. The molecule has 0 amide bonds. The number of nitrogens with two attached hydrogens (primary N) is 1. The number of ether oxygens (including phenoxy) is 2. The Hall–Kier alpha value is -2.72. The molecule has 0 saturated carbocycles. The van der Waals surface area contributed by atoms with Crippen molar-refractivity contribution in [3.63, 3.8) is 0 Å². The number of aromatic amines is 1. The first-order valence-corrected chi connectivity index (χ1v) is 7.98. The number of hydrogen-bond donors (Lipinski definition) is 3. The summed E-state index contributed by atoms with van der Waals surface area (Å²) in [6.07, 6.45) is -4.38. The minimum Gasteiger partial charge on any atom is -0.374 e. The van der Waals surface area contributed by atoms with Crippen molar-refractivity contribution in [2.45, 2.75) is 19.3 Å². The molecule has 1 aliphatic heterocycles. The van der Waals surface area contributed by atoms with E-state index in [1.165, 1.54) is 4.90 Å². The average molecular weight is 367 g/mol. The maximum atomic E-state index is 13.4. The topological polar surface area (TPSA) is 106 Å². The zero-order chi connectivity index (χ0) is 18.5. The van der Waals surface area contributed by atoms with Crippen LogP contribution >= 0.6 is 0 Å². The van der Waals surface area contributed by atoms with E-state index in [2.05, 4.69) is 15.3 Å². The maximum absolute atomic E-state index is 13.4. The van der Waals surface area contributed by atoms with Crippen LogP contribution in [0.15, 0.2) is 35.1 Å². The van der Waals surface area contributed by atoms with Crippen molar-refractivity contribution >= 4 is 17.5 Å². The molecule has 0 spiro atoms. The van der Waals surface area contributed by atoms with Gasteiger partial charge in [-0.15, -0.1) is 0 Å². The number of nitrogens with one attached hydrogen (secondary N) is 2. The average Bonchev–Trinajstić information content (AvgIpc) is 3.02. The van der Waals surface area contributed by atoms with Crippen LogP contribution in [0.3, 0.4) is 0 Å². The Morgan fingerprint density at radius 1 is 1.27 bits per heavy atom. The summed E-state index contributed by atoms with van der Waals surface area (Å²) in [5.41, 5.74) is 6.05. The second-order valence-corrected chi connectivity index (χ2v) is 5.59. The van der Waals surface area contributed by atoms with Crippen molar-refractivity contribution in [3.8, 4) is 0 Å². The van der Waals surface area contributed by atoms with Gasteiger partial charge in [0.05, 0.1) is 26.5 Å². The number of aromatic nitrogens is 2. The fraction of sp³-hybridized carbons (Fsp3) is 0.375. The van der Waals surface area contributed by atoms with Gasteiger partial charge in [-0.3, -0.25) is 9.78 Å². The molecule has 1 aliphatic rings. The number of alkyl halides is 2. The molecule has 8 nitrogen and oxygen atoms in total. The van der Waals surface area contributed by atoms with Gasteiger partial charge in [0, 0.05) is 0 Å². The van der Waals surface area contributed by atoms with Gasteiger partial charge in [0.25, 0.3) is 12.0 Å². The third kappa shape index (κ3) is 4.09. The van der Waals surface area contributed by atoms with Crippen LogP contribution in [0.25, 0.3) is 0 Å². The fourth-order valence-electron chi connectivity index (χ4n) is 2.59. The van der Waals surface area contributed by atoms with Gasteiger partial charge in [-0.25, -0.2) is 8.78 Å². The van der Waals surface area contributed by atoms with Crippen molar-refractivity contribution in [2.75, 3.05) is 35.8 Å². The summed E-state index contributed by atoms with van der Waals surface area (Å²) in [6, 6.07) is 9.49. The van der Waals surface area contributed by atoms with Gasteiger partial charge in [0.1, 0.15) is 5.69 Å². The lowest BCUT2D eigenvalue weighted by Gasteiger charge is -2.27. The number of H-pyrrole nitrogens is 1. The molecule has 0 fully saturated rings. The van der Waals surface area contributed by atoms with Crippen molar-refractivity contribution in [2.24, 2.45) is 0 Å². The van der Waals surface area contributed by atoms with Gasteiger partial charge in [-0.1, -0.05) is 30.3 Å². The number of fused-ring (bicyclic) bond motifs is 1. The van der Waals surface area contributed by atoms with Crippen LogP contribution in [-0.2, 0) is 16.1 Å². The van der Waals surface area contributed by atoms with Crippen LogP contribution in [0, 0.1) is 0 Å². The summed E-state index contributed by atoms with van der Waals surface area (Å²) in [4.78, 5) is 19.2. The molecule has 1 unspecified atom stereocenters. The van der Waals surface area contributed by atoms with Crippen LogP contribution in [0.2, 0.25) is 0 Å². The molecule has 10 heteroatoms. The smallest absolute Gasteiger partial charge is 0.282 e. The first kappa shape index (κ1) is 18.1. The number of benzene rings is 1. The summed E-state index contributed by atoms with van der Waals surface area (Å²) in [5.74, 6) is -0.108. The Kier molecular flexibility index (Phi) is 5.64. The first-order chi connectivity index (χ1) is 12.6. The number of hydrogen-bond acceptors (Lipinski definition) is 7. The number of nitrogens with zero attached hydrogens (tertiary/aromatic N) is 2. The summed E-state index contributed by atoms with van der Waals surface area (Å²) in [5, 5.41) is 2.72. The molecule has 2 aromatic rings. The van der Waals surface area contributed by atoms with Gasteiger partial charge in [-0.05, 0) is 5.56 Å². The van der Waals surface area contributed by atoms with Gasteiger partial charge in [-0.2, -0.15) is 4.98 Å². The molecule has 3 rings (SSSR count). The number of anilines is 3. The summed E-state index contributed by atoms with van der Waals surface area (Å²) in [7, 11) is 0. The molecular weight excluding hydrogens is 348 g/mol. The van der Waals surface area contributed by atoms with E-state index >= 15 is 0 Å². The van der Waals surface area contributed by atoms with E-state index in [4.69, 9.17) is 15.2 Å². The van der Waals surface area contributed by atoms with Crippen LogP contribution < -0.4 is 21.5 Å². The molecule has 1 atom stereocenters. The molecule has 0 saturated heterocycles. The van der Waals surface area contributed by atoms with Crippen molar-refractivity contribution in [3.05, 3.63) is 46.2 Å². The van der Waals surface area contributed by atoms with Crippen molar-refractivity contribution in [1.29, 1.82) is 0 Å². The molecule has 0 aliphatic carbocycles. The summed E-state index contributed by atoms with van der Waals surface area (Å²) in [6.45, 7) is 0.448. The minimum atomic E-state index is -2.81. The van der Waals surface area contributed by atoms with Gasteiger partial charge in [0.2, 0.25) is 5.95 Å². The van der Waals surface area contributed by atoms with E-state index in [0.29, 0.717) is 6.61 Å². The van der Waals surface area contributed by atoms with E-state index in [-0.39, 0.29) is 37.3 Å². The Morgan fingerprint density at radius 3 is 2.77 bits per heavy atom. The Morgan fingerprint density at radius 2 is 2.04 bits per heavy atom. The lowest BCUT2D eigenvalue weighted by atomic mass is 10.2. The lowest BCUT2D eigenvalue weighted by Crippen LogP contribution is -2.43. The van der Waals surface area contributed by atoms with E-state index in [9.17, 15) is 13.6 Å². The van der Waals surface area contributed by atoms with E-state index in [0.717, 1.165) is 5.56 Å². The number of nitrogen functional groups attached to an aromatic ring is 1. The van der Waals surface area contributed by atoms with Crippen molar-refractivity contribution in [1.82, 2.24) is 9.97 Å². The largest absolute Gasteiger partial charge is 0.374 e. The standard InChI is InChI=1S/C16H19F2N5O3/c17-12(18)15(26-7-6-25-8-10-4-2-1-3-5-10)23-9-20-11-13(23)21-16(19)22-14(11)24/h1-5,12,15,20H,6-9H2,(H3,19,21,22,24). The second-order valence-electron chi connectivity index (χ2n) is 5.59. The Bertz CT molecular complexity index is 787. The second kappa shape index (κ2) is 8.11. The van der Waals surface area contributed by atoms with Gasteiger partial charge in [0.15, 0.2) is 12.0 Å². The Balaban J connectivity index is 1.57. The zero-order valence-electron chi connectivity index (χ0n) is 13.8. The molecular formula is C16H19F2N5O3. The van der Waals surface area contributed by atoms with Gasteiger partial charge >= 0.3 is 0 Å². The normalized spacial score (nSPS) is 14.3. The van der Waals surface area contributed by atoms with Crippen LogP contribution in [-0.4, -0.2) is 42.5 Å². The predicted octanol–water partition coefficient (Wildman–Crippen LogP) is 1.37. The molecule has 26 heavy (non-hydrogen) atoms. The molecule has 1 aromatic heterocycles. The summed E-state index contributed by atoms with van der Waals surface area (Å²) >= 11 is 0. The molecule has 0 bridgehead atoms. The molecule has 140 valence electrons. The summed E-state index contributed by atoms with van der Waals surface area (Å²) < 4.78 is 37.6. The first-order valence-electron chi connectivity index (χ1n) is 7.98. The third-order valence-electron chi connectivity index (χ3n) is 3.77. The number of halogens is 2. The highest BCUT2D eigenvalue weighted by Gasteiger charge is 2.35. The molecule has 2 heterocycles. The number of rotatable bonds is 8.